The van der Waals surface area contributed by atoms with Crippen molar-refractivity contribution in [3.05, 3.63) is 0 Å². The van der Waals surface area contributed by atoms with Crippen LogP contribution in [-0.4, -0.2) is 24.0 Å². The minimum Gasteiger partial charge on any atom is -0.350 e. The standard InChI is InChI=1S/C11H24N2O/c1-6-7-9(2)12-8-10(14)13-11(3,4)5/h9,12H,6-8H2,1-5H3,(H,13,14). The van der Waals surface area contributed by atoms with Crippen molar-refractivity contribution in [2.24, 2.45) is 0 Å². The molecule has 1 unspecified atom stereocenters. The van der Waals surface area contributed by atoms with E-state index in [-0.39, 0.29) is 11.4 Å². The van der Waals surface area contributed by atoms with Crippen molar-refractivity contribution < 1.29 is 4.79 Å². The topological polar surface area (TPSA) is 41.1 Å². The van der Waals surface area contributed by atoms with E-state index < -0.39 is 0 Å². The van der Waals surface area contributed by atoms with Crippen molar-refractivity contribution in [3.63, 3.8) is 0 Å². The van der Waals surface area contributed by atoms with Crippen LogP contribution in [0, 0.1) is 0 Å². The van der Waals surface area contributed by atoms with E-state index in [9.17, 15) is 4.79 Å². The molecule has 0 heterocycles. The zero-order chi connectivity index (χ0) is 11.2. The predicted molar refractivity (Wildman–Crippen MR) is 60.3 cm³/mol. The molecule has 0 spiro atoms. The SMILES string of the molecule is CCCC(C)NCC(=O)NC(C)(C)C. The molecule has 0 bridgehead atoms. The second kappa shape index (κ2) is 6.02. The number of hydrogen-bond acceptors (Lipinski definition) is 2. The fourth-order valence-corrected chi connectivity index (χ4v) is 1.26. The van der Waals surface area contributed by atoms with Crippen molar-refractivity contribution in [3.8, 4) is 0 Å². The van der Waals surface area contributed by atoms with Gasteiger partial charge in [0.05, 0.1) is 6.54 Å². The van der Waals surface area contributed by atoms with E-state index >= 15 is 0 Å². The Bertz CT molecular complexity index is 173. The second-order valence-corrected chi connectivity index (χ2v) is 4.87. The molecule has 0 aromatic heterocycles. The van der Waals surface area contributed by atoms with Crippen molar-refractivity contribution in [2.75, 3.05) is 6.54 Å². The Kier molecular flexibility index (Phi) is 5.77. The van der Waals surface area contributed by atoms with Gasteiger partial charge >= 0.3 is 0 Å². The zero-order valence-electron chi connectivity index (χ0n) is 10.1. The summed E-state index contributed by atoms with van der Waals surface area (Å²) in [5.74, 6) is 0.0699. The summed E-state index contributed by atoms with van der Waals surface area (Å²) in [4.78, 5) is 11.4. The normalized spacial score (nSPS) is 13.8. The van der Waals surface area contributed by atoms with Crippen LogP contribution in [0.15, 0.2) is 0 Å². The van der Waals surface area contributed by atoms with Gasteiger partial charge in [0.15, 0.2) is 0 Å². The Labute approximate surface area is 87.6 Å². The lowest BCUT2D eigenvalue weighted by Gasteiger charge is -2.21. The van der Waals surface area contributed by atoms with Crippen molar-refractivity contribution >= 4 is 5.91 Å². The average Bonchev–Trinajstić information content (AvgIpc) is 1.98. The molecule has 84 valence electrons. The molecule has 0 radical (unpaired) electrons. The zero-order valence-corrected chi connectivity index (χ0v) is 10.1. The summed E-state index contributed by atoms with van der Waals surface area (Å²) < 4.78 is 0. The van der Waals surface area contributed by atoms with Crippen LogP contribution in [0.2, 0.25) is 0 Å². The van der Waals surface area contributed by atoms with Gasteiger partial charge in [-0.1, -0.05) is 13.3 Å². The third kappa shape index (κ3) is 8.05. The lowest BCUT2D eigenvalue weighted by atomic mass is 10.1. The van der Waals surface area contributed by atoms with Crippen LogP contribution in [0.5, 0.6) is 0 Å². The van der Waals surface area contributed by atoms with Gasteiger partial charge in [0.2, 0.25) is 5.91 Å². The Morgan fingerprint density at radius 1 is 1.36 bits per heavy atom. The summed E-state index contributed by atoms with van der Waals surface area (Å²) in [6.45, 7) is 10.6. The number of nitrogens with one attached hydrogen (secondary N) is 2. The minimum absolute atomic E-state index is 0.0699. The molecule has 0 aliphatic heterocycles. The first-order valence-electron chi connectivity index (χ1n) is 5.39. The summed E-state index contributed by atoms with van der Waals surface area (Å²) in [7, 11) is 0. The largest absolute Gasteiger partial charge is 0.350 e. The summed E-state index contributed by atoms with van der Waals surface area (Å²) in [5.41, 5.74) is -0.132. The van der Waals surface area contributed by atoms with Gasteiger partial charge in [-0.3, -0.25) is 4.79 Å². The van der Waals surface area contributed by atoms with Crippen molar-refractivity contribution in [2.45, 2.75) is 59.0 Å². The summed E-state index contributed by atoms with van der Waals surface area (Å²) in [6.07, 6.45) is 2.26. The van der Waals surface area contributed by atoms with E-state index in [0.29, 0.717) is 12.6 Å². The molecule has 1 amide bonds. The van der Waals surface area contributed by atoms with Gasteiger partial charge in [-0.15, -0.1) is 0 Å². The number of carbonyl (C=O) groups excluding carboxylic acids is 1. The van der Waals surface area contributed by atoms with Gasteiger partial charge < -0.3 is 10.6 Å². The van der Waals surface area contributed by atoms with E-state index in [1.807, 2.05) is 20.8 Å². The third-order valence-corrected chi connectivity index (χ3v) is 1.85. The second-order valence-electron chi connectivity index (χ2n) is 4.87. The molecule has 0 rings (SSSR count). The molecule has 14 heavy (non-hydrogen) atoms. The maximum absolute atomic E-state index is 11.4. The van der Waals surface area contributed by atoms with Gasteiger partial charge in [-0.05, 0) is 34.1 Å². The van der Waals surface area contributed by atoms with Crippen LogP contribution in [-0.2, 0) is 4.79 Å². The van der Waals surface area contributed by atoms with Crippen LogP contribution in [0.3, 0.4) is 0 Å². The molecule has 3 heteroatoms. The first-order valence-corrected chi connectivity index (χ1v) is 5.39. The Morgan fingerprint density at radius 2 is 1.93 bits per heavy atom. The molecule has 0 aliphatic rings. The quantitative estimate of drug-likeness (QED) is 0.709. The van der Waals surface area contributed by atoms with Gasteiger partial charge in [-0.25, -0.2) is 0 Å². The van der Waals surface area contributed by atoms with E-state index in [1.165, 1.54) is 0 Å². The van der Waals surface area contributed by atoms with Gasteiger partial charge in [0.25, 0.3) is 0 Å². The van der Waals surface area contributed by atoms with Crippen molar-refractivity contribution in [1.29, 1.82) is 0 Å². The van der Waals surface area contributed by atoms with E-state index in [0.717, 1.165) is 12.8 Å². The summed E-state index contributed by atoms with van der Waals surface area (Å²) >= 11 is 0. The highest BCUT2D eigenvalue weighted by Gasteiger charge is 2.13. The number of rotatable bonds is 5. The molecule has 1 atom stereocenters. The molecule has 0 saturated heterocycles. The lowest BCUT2D eigenvalue weighted by molar-refractivity contribution is -0.121. The maximum atomic E-state index is 11.4. The molecule has 0 aliphatic carbocycles. The molecular formula is C11H24N2O. The van der Waals surface area contributed by atoms with Crippen LogP contribution >= 0.6 is 0 Å². The van der Waals surface area contributed by atoms with Crippen LogP contribution in [0.4, 0.5) is 0 Å². The Morgan fingerprint density at radius 3 is 2.36 bits per heavy atom. The maximum Gasteiger partial charge on any atom is 0.234 e. The van der Waals surface area contributed by atoms with Crippen LogP contribution in [0.1, 0.15) is 47.5 Å². The van der Waals surface area contributed by atoms with E-state index in [1.54, 1.807) is 0 Å². The van der Waals surface area contributed by atoms with Gasteiger partial charge in [0, 0.05) is 11.6 Å². The third-order valence-electron chi connectivity index (χ3n) is 1.85. The van der Waals surface area contributed by atoms with E-state index in [4.69, 9.17) is 0 Å². The summed E-state index contributed by atoms with van der Waals surface area (Å²) in [6, 6.07) is 0.422. The fraction of sp³-hybridized carbons (Fsp3) is 0.909. The molecule has 0 fully saturated rings. The lowest BCUT2D eigenvalue weighted by Crippen LogP contribution is -2.46. The predicted octanol–water partition coefficient (Wildman–Crippen LogP) is 1.68. The average molecular weight is 200 g/mol. The first kappa shape index (κ1) is 13.4. The summed E-state index contributed by atoms with van der Waals surface area (Å²) in [5, 5.41) is 6.11. The van der Waals surface area contributed by atoms with Crippen LogP contribution in [0.25, 0.3) is 0 Å². The number of hydrogen-bond donors (Lipinski definition) is 2. The van der Waals surface area contributed by atoms with Crippen LogP contribution < -0.4 is 10.6 Å². The smallest absolute Gasteiger partial charge is 0.234 e. The monoisotopic (exact) mass is 200 g/mol. The highest BCUT2D eigenvalue weighted by molar-refractivity contribution is 5.78. The molecule has 2 N–H and O–H groups in total. The molecule has 0 aromatic rings. The Hall–Kier alpha value is -0.570. The molecule has 0 aromatic carbocycles. The minimum atomic E-state index is -0.132. The van der Waals surface area contributed by atoms with Crippen molar-refractivity contribution in [1.82, 2.24) is 10.6 Å². The van der Waals surface area contributed by atoms with Gasteiger partial charge in [0.1, 0.15) is 0 Å². The van der Waals surface area contributed by atoms with Gasteiger partial charge in [-0.2, -0.15) is 0 Å². The highest BCUT2D eigenvalue weighted by Crippen LogP contribution is 1.98. The fourth-order valence-electron chi connectivity index (χ4n) is 1.26. The highest BCUT2D eigenvalue weighted by atomic mass is 16.2. The first-order chi connectivity index (χ1) is 6.35. The van der Waals surface area contributed by atoms with E-state index in [2.05, 4.69) is 24.5 Å². The molecular weight excluding hydrogens is 176 g/mol. The number of carbonyl (C=O) groups is 1. The molecule has 3 nitrogen and oxygen atoms in total. The molecule has 0 saturated carbocycles. The number of amides is 1. The Balaban J connectivity index is 3.64.